The molecule has 1 aromatic rings. The van der Waals surface area contributed by atoms with E-state index in [1.54, 1.807) is 0 Å². The summed E-state index contributed by atoms with van der Waals surface area (Å²) in [5, 5.41) is 5.90. The van der Waals surface area contributed by atoms with Crippen LogP contribution in [-0.2, 0) is 16.0 Å². The molecule has 1 saturated carbocycles. The summed E-state index contributed by atoms with van der Waals surface area (Å²) in [5.74, 6) is 2.27. The van der Waals surface area contributed by atoms with E-state index in [4.69, 9.17) is 4.99 Å². The van der Waals surface area contributed by atoms with Crippen LogP contribution in [0, 0.1) is 18.8 Å². The van der Waals surface area contributed by atoms with E-state index >= 15 is 0 Å². The van der Waals surface area contributed by atoms with Gasteiger partial charge in [0.2, 0.25) is 5.91 Å². The molecule has 2 amide bonds. The summed E-state index contributed by atoms with van der Waals surface area (Å²) in [7, 11) is 0. The fourth-order valence-corrected chi connectivity index (χ4v) is 6.54. The molecule has 196 valence electrons. The first-order valence-electron chi connectivity index (χ1n) is 12.9. The zero-order chi connectivity index (χ0) is 25.7. The van der Waals surface area contributed by atoms with Gasteiger partial charge >= 0.3 is 0 Å². The van der Waals surface area contributed by atoms with Gasteiger partial charge in [0.05, 0.1) is 0 Å². The summed E-state index contributed by atoms with van der Waals surface area (Å²) in [6.07, 6.45) is 5.85. The fraction of sp³-hybridized carbons (Fsp3) is 0.593. The standard InChI is InChI=1S/C27H36F2N4O2S/c1-18-17-23(30-19(2)34)9-8-21(18)11-16-36-33-14-12-27(13-15-33)26(35)31-25(32-27)22-6-3-20(4-7-22)5-10-24(28)29/h8-10,17,20,22H,3-7,11-16H2,1-2H3,(H,30,34)(H,31,32,35). The van der Waals surface area contributed by atoms with Gasteiger partial charge in [-0.05, 0) is 93.5 Å². The molecule has 2 fully saturated rings. The number of aliphatic imine (C=N–C) groups is 1. The molecule has 1 spiro atoms. The van der Waals surface area contributed by atoms with E-state index in [2.05, 4.69) is 27.9 Å². The number of rotatable bonds is 8. The van der Waals surface area contributed by atoms with E-state index < -0.39 is 11.6 Å². The molecule has 2 aliphatic heterocycles. The molecule has 0 radical (unpaired) electrons. The van der Waals surface area contributed by atoms with Crippen molar-refractivity contribution in [3.63, 3.8) is 0 Å². The lowest BCUT2D eigenvalue weighted by Crippen LogP contribution is -2.47. The summed E-state index contributed by atoms with van der Waals surface area (Å²) in [6.45, 7) is 5.22. The van der Waals surface area contributed by atoms with E-state index in [1.807, 2.05) is 24.1 Å². The van der Waals surface area contributed by atoms with Gasteiger partial charge < -0.3 is 10.6 Å². The van der Waals surface area contributed by atoms with Crippen LogP contribution < -0.4 is 10.6 Å². The van der Waals surface area contributed by atoms with Crippen molar-refractivity contribution < 1.29 is 18.4 Å². The number of nitrogens with zero attached hydrogens (tertiary/aromatic N) is 2. The summed E-state index contributed by atoms with van der Waals surface area (Å²) in [6, 6.07) is 6.03. The number of carbonyl (C=O) groups is 2. The minimum absolute atomic E-state index is 0.0293. The second-order valence-electron chi connectivity index (χ2n) is 10.3. The molecule has 6 nitrogen and oxygen atoms in total. The number of amides is 2. The summed E-state index contributed by atoms with van der Waals surface area (Å²) in [4.78, 5) is 29.1. The molecule has 2 heterocycles. The van der Waals surface area contributed by atoms with E-state index in [1.165, 1.54) is 18.1 Å². The third-order valence-corrected chi connectivity index (χ3v) is 8.81. The number of hydrogen-bond donors (Lipinski definition) is 2. The van der Waals surface area contributed by atoms with E-state index in [0.717, 1.165) is 81.4 Å². The Morgan fingerprint density at radius 1 is 1.25 bits per heavy atom. The average molecular weight is 519 g/mol. The van der Waals surface area contributed by atoms with Gasteiger partial charge in [-0.15, -0.1) is 0 Å². The molecule has 1 aliphatic carbocycles. The van der Waals surface area contributed by atoms with Crippen molar-refractivity contribution in [1.82, 2.24) is 9.62 Å². The predicted molar refractivity (Wildman–Crippen MR) is 141 cm³/mol. The fourth-order valence-electron chi connectivity index (χ4n) is 5.53. The molecule has 0 bridgehead atoms. The highest BCUT2D eigenvalue weighted by Crippen LogP contribution is 2.37. The number of nitrogens with one attached hydrogen (secondary N) is 2. The van der Waals surface area contributed by atoms with Crippen LogP contribution in [0.15, 0.2) is 35.3 Å². The van der Waals surface area contributed by atoms with Gasteiger partial charge in [0, 0.05) is 37.4 Å². The van der Waals surface area contributed by atoms with Crippen LogP contribution in [0.4, 0.5) is 14.5 Å². The third kappa shape index (κ3) is 6.73. The van der Waals surface area contributed by atoms with Gasteiger partial charge in [-0.25, -0.2) is 0 Å². The van der Waals surface area contributed by atoms with E-state index in [9.17, 15) is 18.4 Å². The van der Waals surface area contributed by atoms with Crippen molar-refractivity contribution in [1.29, 1.82) is 0 Å². The van der Waals surface area contributed by atoms with E-state index in [0.29, 0.717) is 12.3 Å². The van der Waals surface area contributed by atoms with Crippen LogP contribution in [0.3, 0.4) is 0 Å². The summed E-state index contributed by atoms with van der Waals surface area (Å²) in [5.41, 5.74) is 2.63. The molecule has 9 heteroatoms. The Morgan fingerprint density at radius 3 is 2.61 bits per heavy atom. The zero-order valence-electron chi connectivity index (χ0n) is 21.1. The highest BCUT2D eigenvalue weighted by molar-refractivity contribution is 7.97. The van der Waals surface area contributed by atoms with Crippen molar-refractivity contribution in [2.75, 3.05) is 24.2 Å². The normalized spacial score (nSPS) is 23.8. The Bertz CT molecular complexity index is 1020. The Labute approximate surface area is 216 Å². The lowest BCUT2D eigenvalue weighted by Gasteiger charge is -2.34. The third-order valence-electron chi connectivity index (χ3n) is 7.70. The van der Waals surface area contributed by atoms with Crippen LogP contribution >= 0.6 is 11.9 Å². The monoisotopic (exact) mass is 518 g/mol. The molecule has 1 aromatic carbocycles. The quantitative estimate of drug-likeness (QED) is 0.447. The maximum absolute atomic E-state index is 12.9. The molecule has 2 N–H and O–H groups in total. The van der Waals surface area contributed by atoms with Gasteiger partial charge in [0.15, 0.2) is 0 Å². The summed E-state index contributed by atoms with van der Waals surface area (Å²) < 4.78 is 27.1. The number of carbonyl (C=O) groups excluding carboxylic acids is 2. The number of hydrogen-bond acceptors (Lipinski definition) is 5. The molecular weight excluding hydrogens is 482 g/mol. The Kier molecular flexibility index (Phi) is 8.83. The Hall–Kier alpha value is -2.26. The van der Waals surface area contributed by atoms with Crippen LogP contribution in [0.25, 0.3) is 0 Å². The smallest absolute Gasteiger partial charge is 0.266 e. The van der Waals surface area contributed by atoms with Crippen LogP contribution in [0.5, 0.6) is 0 Å². The van der Waals surface area contributed by atoms with Crippen LogP contribution in [0.2, 0.25) is 0 Å². The molecule has 0 aromatic heterocycles. The van der Waals surface area contributed by atoms with Crippen molar-refractivity contribution in [3.8, 4) is 0 Å². The van der Waals surface area contributed by atoms with Crippen molar-refractivity contribution in [2.45, 2.75) is 70.8 Å². The van der Waals surface area contributed by atoms with Crippen molar-refractivity contribution in [2.24, 2.45) is 16.8 Å². The summed E-state index contributed by atoms with van der Waals surface area (Å²) >= 11 is 1.82. The maximum atomic E-state index is 12.9. The first-order chi connectivity index (χ1) is 17.2. The number of allylic oxidation sites excluding steroid dienone is 1. The number of aryl methyl sites for hydroxylation is 2. The topological polar surface area (TPSA) is 73.8 Å². The highest BCUT2D eigenvalue weighted by Gasteiger charge is 2.47. The number of amidine groups is 1. The van der Waals surface area contributed by atoms with Crippen LogP contribution in [0.1, 0.15) is 63.0 Å². The minimum atomic E-state index is -1.59. The lowest BCUT2D eigenvalue weighted by atomic mass is 9.80. The number of benzene rings is 1. The Morgan fingerprint density at radius 2 is 1.97 bits per heavy atom. The molecular formula is C27H36F2N4O2S. The van der Waals surface area contributed by atoms with Gasteiger partial charge in [0.1, 0.15) is 11.4 Å². The molecule has 0 unspecified atom stereocenters. The molecule has 1 saturated heterocycles. The number of anilines is 1. The van der Waals surface area contributed by atoms with E-state index in [-0.39, 0.29) is 17.7 Å². The Balaban J connectivity index is 1.23. The molecule has 36 heavy (non-hydrogen) atoms. The largest absolute Gasteiger partial charge is 0.326 e. The molecule has 4 rings (SSSR count). The van der Waals surface area contributed by atoms with Gasteiger partial charge in [-0.1, -0.05) is 18.0 Å². The second-order valence-corrected chi connectivity index (χ2v) is 11.4. The predicted octanol–water partition coefficient (Wildman–Crippen LogP) is 5.48. The second kappa shape index (κ2) is 11.9. The van der Waals surface area contributed by atoms with Gasteiger partial charge in [-0.3, -0.25) is 18.9 Å². The van der Waals surface area contributed by atoms with Gasteiger partial charge in [0.25, 0.3) is 12.0 Å². The molecule has 3 aliphatic rings. The average Bonchev–Trinajstić information content (AvgIpc) is 3.16. The van der Waals surface area contributed by atoms with Crippen LogP contribution in [-0.4, -0.2) is 46.3 Å². The maximum Gasteiger partial charge on any atom is 0.266 e. The number of halogens is 2. The number of piperidine rings is 1. The zero-order valence-corrected chi connectivity index (χ0v) is 21.9. The SMILES string of the molecule is CC(=O)Nc1ccc(CCSN2CCC3(CC2)N=C(C2CCC(CC=C(F)F)CC2)NC3=O)c(C)c1. The molecule has 0 atom stereocenters. The van der Waals surface area contributed by atoms with Crippen molar-refractivity contribution in [3.05, 3.63) is 41.5 Å². The lowest BCUT2D eigenvalue weighted by molar-refractivity contribution is -0.125. The first kappa shape index (κ1) is 26.8. The highest BCUT2D eigenvalue weighted by atomic mass is 32.2. The first-order valence-corrected chi connectivity index (χ1v) is 13.9. The minimum Gasteiger partial charge on any atom is -0.326 e. The van der Waals surface area contributed by atoms with Crippen molar-refractivity contribution >= 4 is 35.3 Å². The van der Waals surface area contributed by atoms with Gasteiger partial charge in [-0.2, -0.15) is 8.78 Å².